The second kappa shape index (κ2) is 2.62. The number of pyridine rings is 1. The van der Waals surface area contributed by atoms with Gasteiger partial charge in [-0.15, -0.1) is 0 Å². The van der Waals surface area contributed by atoms with Gasteiger partial charge in [-0.05, 0) is 37.8 Å². The van der Waals surface area contributed by atoms with Crippen LogP contribution in [0, 0.1) is 6.92 Å². The minimum absolute atomic E-state index is 0.315. The highest BCUT2D eigenvalue weighted by molar-refractivity contribution is 5.69. The van der Waals surface area contributed by atoms with Crippen LogP contribution in [0.15, 0.2) is 12.3 Å². The molecule has 1 fully saturated rings. The number of hydrogen-bond acceptors (Lipinski definition) is 3. The maximum absolute atomic E-state index is 4.42. The molecule has 14 heavy (non-hydrogen) atoms. The lowest BCUT2D eigenvalue weighted by atomic mass is 9.76. The van der Waals surface area contributed by atoms with Gasteiger partial charge in [0.2, 0.25) is 0 Å². The highest BCUT2D eigenvalue weighted by atomic mass is 15.2. The van der Waals surface area contributed by atoms with E-state index in [1.165, 1.54) is 24.8 Å². The van der Waals surface area contributed by atoms with Crippen LogP contribution in [0.3, 0.4) is 0 Å². The monoisotopic (exact) mass is 189 g/mol. The standard InChI is InChI=1S/C11H15N3/c1-8-5-9-10(12-6-8)14-11(7-13-9)3-2-4-11/h5-6,13H,2-4,7H2,1H3,(H,12,14). The molecule has 74 valence electrons. The zero-order valence-corrected chi connectivity index (χ0v) is 8.43. The van der Waals surface area contributed by atoms with Crippen LogP contribution in [0.4, 0.5) is 11.5 Å². The van der Waals surface area contributed by atoms with Crippen molar-refractivity contribution in [2.24, 2.45) is 0 Å². The maximum Gasteiger partial charge on any atom is 0.149 e. The molecule has 0 bridgehead atoms. The van der Waals surface area contributed by atoms with E-state index < -0.39 is 0 Å². The van der Waals surface area contributed by atoms with Gasteiger partial charge in [0.1, 0.15) is 5.82 Å². The van der Waals surface area contributed by atoms with Gasteiger partial charge in [0.15, 0.2) is 0 Å². The highest BCUT2D eigenvalue weighted by Gasteiger charge is 2.39. The summed E-state index contributed by atoms with van der Waals surface area (Å²) in [6.45, 7) is 3.12. The number of nitrogens with one attached hydrogen (secondary N) is 2. The van der Waals surface area contributed by atoms with Crippen LogP contribution in [0.5, 0.6) is 0 Å². The smallest absolute Gasteiger partial charge is 0.149 e. The molecule has 1 aliphatic carbocycles. The van der Waals surface area contributed by atoms with Crippen molar-refractivity contribution in [3.8, 4) is 0 Å². The lowest BCUT2D eigenvalue weighted by Crippen LogP contribution is -2.53. The summed E-state index contributed by atoms with van der Waals surface area (Å²) >= 11 is 0. The molecule has 0 saturated heterocycles. The molecular weight excluding hydrogens is 174 g/mol. The van der Waals surface area contributed by atoms with Gasteiger partial charge < -0.3 is 10.6 Å². The molecule has 0 radical (unpaired) electrons. The summed E-state index contributed by atoms with van der Waals surface area (Å²) in [5.41, 5.74) is 2.68. The normalized spacial score (nSPS) is 21.8. The largest absolute Gasteiger partial charge is 0.380 e. The lowest BCUT2D eigenvalue weighted by Gasteiger charge is -2.46. The van der Waals surface area contributed by atoms with Crippen LogP contribution in [0.1, 0.15) is 24.8 Å². The van der Waals surface area contributed by atoms with Crippen LogP contribution in [-0.2, 0) is 0 Å². The molecule has 1 aromatic rings. The molecule has 3 nitrogen and oxygen atoms in total. The van der Waals surface area contributed by atoms with Crippen molar-refractivity contribution in [1.29, 1.82) is 0 Å². The van der Waals surface area contributed by atoms with Crippen molar-refractivity contribution >= 4 is 11.5 Å². The number of rotatable bonds is 0. The molecule has 3 heteroatoms. The SMILES string of the molecule is Cc1cnc2c(c1)NCC1(CCC1)N2. The third-order valence-electron chi connectivity index (χ3n) is 3.34. The maximum atomic E-state index is 4.42. The summed E-state index contributed by atoms with van der Waals surface area (Å²) in [5.74, 6) is 1.03. The first-order chi connectivity index (χ1) is 6.77. The molecule has 1 spiro atoms. The number of hydrogen-bond donors (Lipinski definition) is 2. The van der Waals surface area contributed by atoms with Crippen molar-refractivity contribution in [2.45, 2.75) is 31.7 Å². The third kappa shape index (κ3) is 1.08. The average molecular weight is 189 g/mol. The van der Waals surface area contributed by atoms with Crippen LogP contribution in [-0.4, -0.2) is 17.1 Å². The van der Waals surface area contributed by atoms with Crippen molar-refractivity contribution < 1.29 is 0 Å². The summed E-state index contributed by atoms with van der Waals surface area (Å²) in [6.07, 6.45) is 5.81. The summed E-state index contributed by atoms with van der Waals surface area (Å²) in [7, 11) is 0. The lowest BCUT2D eigenvalue weighted by molar-refractivity contribution is 0.290. The van der Waals surface area contributed by atoms with E-state index in [0.29, 0.717) is 5.54 Å². The molecule has 0 amide bonds. The van der Waals surface area contributed by atoms with Gasteiger partial charge >= 0.3 is 0 Å². The van der Waals surface area contributed by atoms with E-state index in [9.17, 15) is 0 Å². The summed E-state index contributed by atoms with van der Waals surface area (Å²) in [6, 6.07) is 2.15. The van der Waals surface area contributed by atoms with E-state index >= 15 is 0 Å². The van der Waals surface area contributed by atoms with E-state index in [1.54, 1.807) is 0 Å². The van der Waals surface area contributed by atoms with Crippen molar-refractivity contribution in [3.05, 3.63) is 17.8 Å². The molecule has 1 saturated carbocycles. The Labute approximate surface area is 83.9 Å². The predicted molar refractivity (Wildman–Crippen MR) is 57.7 cm³/mol. The summed E-state index contributed by atoms with van der Waals surface area (Å²) < 4.78 is 0. The minimum Gasteiger partial charge on any atom is -0.380 e. The first kappa shape index (κ1) is 8.09. The topological polar surface area (TPSA) is 37.0 Å². The van der Waals surface area contributed by atoms with Gasteiger partial charge in [-0.3, -0.25) is 0 Å². The number of aryl methyl sites for hydroxylation is 1. The van der Waals surface area contributed by atoms with Crippen LogP contribution >= 0.6 is 0 Å². The molecular formula is C11H15N3. The molecule has 3 rings (SSSR count). The summed E-state index contributed by atoms with van der Waals surface area (Å²) in [5, 5.41) is 7.03. The quantitative estimate of drug-likeness (QED) is 0.656. The molecule has 0 unspecified atom stereocenters. The van der Waals surface area contributed by atoms with E-state index in [0.717, 1.165) is 18.1 Å². The Bertz CT molecular complexity index is 369. The average Bonchev–Trinajstić information content (AvgIpc) is 2.15. The van der Waals surface area contributed by atoms with Gasteiger partial charge in [-0.2, -0.15) is 0 Å². The fraction of sp³-hybridized carbons (Fsp3) is 0.545. The molecule has 2 aliphatic rings. The Morgan fingerprint density at radius 2 is 2.29 bits per heavy atom. The number of aromatic nitrogens is 1. The molecule has 1 aliphatic heterocycles. The van der Waals surface area contributed by atoms with E-state index in [2.05, 4.69) is 28.6 Å². The van der Waals surface area contributed by atoms with E-state index in [4.69, 9.17) is 0 Å². The van der Waals surface area contributed by atoms with Gasteiger partial charge in [-0.1, -0.05) is 0 Å². The molecule has 0 atom stereocenters. The highest BCUT2D eigenvalue weighted by Crippen LogP contribution is 2.40. The van der Waals surface area contributed by atoms with Crippen LogP contribution in [0.25, 0.3) is 0 Å². The number of anilines is 2. The Kier molecular flexibility index (Phi) is 1.52. The van der Waals surface area contributed by atoms with Crippen molar-refractivity contribution in [3.63, 3.8) is 0 Å². The number of fused-ring (bicyclic) bond motifs is 1. The zero-order chi connectivity index (χ0) is 9.60. The second-order valence-electron chi connectivity index (χ2n) is 4.52. The van der Waals surface area contributed by atoms with Gasteiger partial charge in [-0.25, -0.2) is 4.98 Å². The third-order valence-corrected chi connectivity index (χ3v) is 3.34. The first-order valence-corrected chi connectivity index (χ1v) is 5.26. The zero-order valence-electron chi connectivity index (χ0n) is 8.43. The van der Waals surface area contributed by atoms with Gasteiger partial charge in [0, 0.05) is 12.7 Å². The van der Waals surface area contributed by atoms with Crippen LogP contribution in [0.2, 0.25) is 0 Å². The van der Waals surface area contributed by atoms with Crippen molar-refractivity contribution in [1.82, 2.24) is 4.98 Å². The fourth-order valence-corrected chi connectivity index (χ4v) is 2.27. The first-order valence-electron chi connectivity index (χ1n) is 5.26. The van der Waals surface area contributed by atoms with Gasteiger partial charge in [0.05, 0.1) is 11.2 Å². The Balaban J connectivity index is 1.94. The van der Waals surface area contributed by atoms with Gasteiger partial charge in [0.25, 0.3) is 0 Å². The minimum atomic E-state index is 0.315. The van der Waals surface area contributed by atoms with Crippen molar-refractivity contribution in [2.75, 3.05) is 17.2 Å². The molecule has 1 aromatic heterocycles. The Morgan fingerprint density at radius 3 is 3.00 bits per heavy atom. The fourth-order valence-electron chi connectivity index (χ4n) is 2.27. The molecule has 2 N–H and O–H groups in total. The molecule has 2 heterocycles. The Morgan fingerprint density at radius 1 is 1.43 bits per heavy atom. The summed E-state index contributed by atoms with van der Waals surface area (Å²) in [4.78, 5) is 4.42. The van der Waals surface area contributed by atoms with E-state index in [1.807, 2.05) is 6.20 Å². The number of nitrogens with zero attached hydrogens (tertiary/aromatic N) is 1. The molecule has 0 aromatic carbocycles. The van der Waals surface area contributed by atoms with Crippen LogP contribution < -0.4 is 10.6 Å². The van der Waals surface area contributed by atoms with E-state index in [-0.39, 0.29) is 0 Å². The predicted octanol–water partition coefficient (Wildman–Crippen LogP) is 2.15. The second-order valence-corrected chi connectivity index (χ2v) is 4.52. The Hall–Kier alpha value is -1.25.